The maximum Gasteiger partial charge on any atom is 0.260 e. The molecule has 0 spiro atoms. The van der Waals surface area contributed by atoms with Crippen molar-refractivity contribution in [1.82, 2.24) is 5.32 Å². The molecule has 1 N–H and O–H groups in total. The fourth-order valence-electron chi connectivity index (χ4n) is 2.09. The largest absolute Gasteiger partial charge is 0.481 e. The summed E-state index contributed by atoms with van der Waals surface area (Å²) in [7, 11) is 0. The van der Waals surface area contributed by atoms with Crippen LogP contribution in [-0.2, 0) is 11.2 Å². The first-order valence-electron chi connectivity index (χ1n) is 7.39. The van der Waals surface area contributed by atoms with Crippen LogP contribution in [0, 0.1) is 0 Å². The van der Waals surface area contributed by atoms with Gasteiger partial charge in [0, 0.05) is 11.6 Å². The molecule has 4 heteroatoms. The third-order valence-electron chi connectivity index (χ3n) is 3.26. The van der Waals surface area contributed by atoms with Crippen molar-refractivity contribution in [2.45, 2.75) is 25.9 Å². The molecule has 2 aromatic carbocycles. The second-order valence-corrected chi connectivity index (χ2v) is 5.53. The van der Waals surface area contributed by atoms with Gasteiger partial charge in [-0.25, -0.2) is 0 Å². The molecule has 2 aromatic rings. The van der Waals surface area contributed by atoms with E-state index in [0.717, 1.165) is 12.8 Å². The van der Waals surface area contributed by atoms with Gasteiger partial charge >= 0.3 is 0 Å². The highest BCUT2D eigenvalue weighted by Crippen LogP contribution is 2.18. The molecule has 0 aliphatic carbocycles. The maximum atomic E-state index is 12.0. The van der Waals surface area contributed by atoms with E-state index in [1.165, 1.54) is 5.56 Å². The Morgan fingerprint density at radius 3 is 2.68 bits per heavy atom. The molecule has 1 atom stereocenters. The van der Waals surface area contributed by atoms with E-state index in [1.54, 1.807) is 31.2 Å². The van der Waals surface area contributed by atoms with Crippen LogP contribution in [0.5, 0.6) is 5.75 Å². The Hall–Kier alpha value is -2.00. The Morgan fingerprint density at radius 2 is 1.95 bits per heavy atom. The Labute approximate surface area is 136 Å². The van der Waals surface area contributed by atoms with E-state index in [4.69, 9.17) is 16.3 Å². The van der Waals surface area contributed by atoms with Crippen molar-refractivity contribution in [2.75, 3.05) is 6.54 Å². The first-order valence-corrected chi connectivity index (χ1v) is 7.77. The van der Waals surface area contributed by atoms with Gasteiger partial charge in [0.2, 0.25) is 0 Å². The van der Waals surface area contributed by atoms with Crippen LogP contribution in [0.1, 0.15) is 18.9 Å². The van der Waals surface area contributed by atoms with E-state index >= 15 is 0 Å². The van der Waals surface area contributed by atoms with Gasteiger partial charge in [0.15, 0.2) is 6.10 Å². The van der Waals surface area contributed by atoms with Crippen molar-refractivity contribution in [3.63, 3.8) is 0 Å². The lowest BCUT2D eigenvalue weighted by Crippen LogP contribution is -2.36. The van der Waals surface area contributed by atoms with E-state index < -0.39 is 6.10 Å². The van der Waals surface area contributed by atoms with Gasteiger partial charge in [0.05, 0.1) is 0 Å². The summed E-state index contributed by atoms with van der Waals surface area (Å²) < 4.78 is 5.58. The average Bonchev–Trinajstić information content (AvgIpc) is 2.52. The first-order chi connectivity index (χ1) is 10.6. The summed E-state index contributed by atoms with van der Waals surface area (Å²) in [5, 5.41) is 3.48. The summed E-state index contributed by atoms with van der Waals surface area (Å²) in [6.07, 6.45) is 1.31. The normalized spacial score (nSPS) is 11.7. The molecule has 22 heavy (non-hydrogen) atoms. The van der Waals surface area contributed by atoms with Crippen LogP contribution in [0.2, 0.25) is 5.02 Å². The molecule has 3 nitrogen and oxygen atoms in total. The van der Waals surface area contributed by atoms with Crippen LogP contribution >= 0.6 is 11.6 Å². The predicted molar refractivity (Wildman–Crippen MR) is 89.3 cm³/mol. The molecule has 1 amide bonds. The molecule has 0 fully saturated rings. The fourth-order valence-corrected chi connectivity index (χ4v) is 2.27. The number of nitrogens with one attached hydrogen (secondary N) is 1. The number of halogens is 1. The van der Waals surface area contributed by atoms with Gasteiger partial charge in [-0.3, -0.25) is 4.79 Å². The molecule has 0 aromatic heterocycles. The smallest absolute Gasteiger partial charge is 0.260 e. The summed E-state index contributed by atoms with van der Waals surface area (Å²) in [5.74, 6) is 0.479. The zero-order chi connectivity index (χ0) is 15.8. The second kappa shape index (κ2) is 8.44. The SMILES string of the molecule is C[C@@H](Oc1cccc(Cl)c1)C(=O)NCCCc1ccccc1. The van der Waals surface area contributed by atoms with Crippen LogP contribution < -0.4 is 10.1 Å². The van der Waals surface area contributed by atoms with Crippen molar-refractivity contribution in [2.24, 2.45) is 0 Å². The summed E-state index contributed by atoms with van der Waals surface area (Å²) in [5.41, 5.74) is 1.28. The highest BCUT2D eigenvalue weighted by atomic mass is 35.5. The quantitative estimate of drug-likeness (QED) is 0.788. The number of amides is 1. The van der Waals surface area contributed by atoms with Gasteiger partial charge in [-0.05, 0) is 43.5 Å². The van der Waals surface area contributed by atoms with Gasteiger partial charge in [0.25, 0.3) is 5.91 Å². The van der Waals surface area contributed by atoms with Crippen molar-refractivity contribution in [1.29, 1.82) is 0 Å². The molecule has 0 saturated carbocycles. The highest BCUT2D eigenvalue weighted by molar-refractivity contribution is 6.30. The minimum Gasteiger partial charge on any atom is -0.481 e. The zero-order valence-electron chi connectivity index (χ0n) is 12.6. The summed E-state index contributed by atoms with van der Waals surface area (Å²) in [4.78, 5) is 12.0. The molecule has 0 unspecified atom stereocenters. The Kier molecular flexibility index (Phi) is 6.28. The van der Waals surface area contributed by atoms with Crippen LogP contribution in [0.4, 0.5) is 0 Å². The minimum absolute atomic E-state index is 0.118. The minimum atomic E-state index is -0.546. The van der Waals surface area contributed by atoms with Crippen molar-refractivity contribution < 1.29 is 9.53 Å². The monoisotopic (exact) mass is 317 g/mol. The van der Waals surface area contributed by atoms with Gasteiger partial charge in [-0.1, -0.05) is 48.0 Å². The summed E-state index contributed by atoms with van der Waals surface area (Å²) in [6, 6.07) is 17.3. The summed E-state index contributed by atoms with van der Waals surface area (Å²) >= 11 is 5.89. The van der Waals surface area contributed by atoms with Crippen LogP contribution in [0.3, 0.4) is 0 Å². The molecule has 0 aliphatic rings. The number of hydrogen-bond acceptors (Lipinski definition) is 2. The van der Waals surface area contributed by atoms with E-state index in [-0.39, 0.29) is 5.91 Å². The van der Waals surface area contributed by atoms with E-state index in [2.05, 4.69) is 17.4 Å². The number of benzene rings is 2. The third-order valence-corrected chi connectivity index (χ3v) is 3.50. The molecule has 2 rings (SSSR count). The zero-order valence-corrected chi connectivity index (χ0v) is 13.3. The first kappa shape index (κ1) is 16.4. The molecular weight excluding hydrogens is 298 g/mol. The van der Waals surface area contributed by atoms with E-state index in [0.29, 0.717) is 17.3 Å². The Balaban J connectivity index is 1.70. The molecule has 116 valence electrons. The highest BCUT2D eigenvalue weighted by Gasteiger charge is 2.13. The maximum absolute atomic E-state index is 12.0. The Bertz CT molecular complexity index is 601. The van der Waals surface area contributed by atoms with Crippen molar-refractivity contribution in [3.05, 3.63) is 65.2 Å². The lowest BCUT2D eigenvalue weighted by atomic mass is 10.1. The van der Waals surface area contributed by atoms with Gasteiger partial charge < -0.3 is 10.1 Å². The van der Waals surface area contributed by atoms with Crippen molar-refractivity contribution >= 4 is 17.5 Å². The third kappa shape index (κ3) is 5.41. The number of aryl methyl sites for hydroxylation is 1. The number of carbonyl (C=O) groups excluding carboxylic acids is 1. The standard InChI is InChI=1S/C18H20ClNO2/c1-14(22-17-11-5-10-16(19)13-17)18(21)20-12-6-9-15-7-3-2-4-8-15/h2-5,7-8,10-11,13-14H,6,9,12H2,1H3,(H,20,21)/t14-/m1/s1. The summed E-state index contributed by atoms with van der Waals surface area (Å²) in [6.45, 7) is 2.37. The topological polar surface area (TPSA) is 38.3 Å². The number of ether oxygens (including phenoxy) is 1. The van der Waals surface area contributed by atoms with Crippen LogP contribution in [-0.4, -0.2) is 18.6 Å². The van der Waals surface area contributed by atoms with E-state index in [1.807, 2.05) is 18.2 Å². The molecule has 0 radical (unpaired) electrons. The van der Waals surface area contributed by atoms with Gasteiger partial charge in [-0.15, -0.1) is 0 Å². The number of hydrogen-bond donors (Lipinski definition) is 1. The number of carbonyl (C=O) groups is 1. The van der Waals surface area contributed by atoms with Crippen molar-refractivity contribution in [3.8, 4) is 5.75 Å². The average molecular weight is 318 g/mol. The van der Waals surface area contributed by atoms with Gasteiger partial charge in [-0.2, -0.15) is 0 Å². The fraction of sp³-hybridized carbons (Fsp3) is 0.278. The van der Waals surface area contributed by atoms with Crippen LogP contribution in [0.15, 0.2) is 54.6 Å². The van der Waals surface area contributed by atoms with Gasteiger partial charge in [0.1, 0.15) is 5.75 Å². The molecule has 0 aliphatic heterocycles. The Morgan fingerprint density at radius 1 is 1.18 bits per heavy atom. The lowest BCUT2D eigenvalue weighted by Gasteiger charge is -2.14. The lowest BCUT2D eigenvalue weighted by molar-refractivity contribution is -0.127. The number of rotatable bonds is 7. The predicted octanol–water partition coefficient (Wildman–Crippen LogP) is 3.86. The molecule has 0 saturated heterocycles. The molecular formula is C18H20ClNO2. The van der Waals surface area contributed by atoms with E-state index in [9.17, 15) is 4.79 Å². The van der Waals surface area contributed by atoms with Crippen LogP contribution in [0.25, 0.3) is 0 Å². The molecule has 0 bridgehead atoms. The second-order valence-electron chi connectivity index (χ2n) is 5.10. The molecule has 0 heterocycles.